The molecule has 0 aromatic heterocycles. The molecule has 1 atom stereocenters. The summed E-state index contributed by atoms with van der Waals surface area (Å²) in [5.41, 5.74) is -0.848. The highest BCUT2D eigenvalue weighted by Gasteiger charge is 2.38. The van der Waals surface area contributed by atoms with Gasteiger partial charge >= 0.3 is 5.66 Å². The fourth-order valence-corrected chi connectivity index (χ4v) is 3.79. The van der Waals surface area contributed by atoms with Crippen LogP contribution in [0.3, 0.4) is 0 Å². The number of hydrogen-bond donors (Lipinski definition) is 0. The second kappa shape index (κ2) is 7.53. The van der Waals surface area contributed by atoms with Gasteiger partial charge in [0.15, 0.2) is 0 Å². The molecule has 140 valence electrons. The minimum atomic E-state index is -3.44. The summed E-state index contributed by atoms with van der Waals surface area (Å²) < 4.78 is 26.1. The Hall–Kier alpha value is -1.29. The van der Waals surface area contributed by atoms with Gasteiger partial charge < -0.3 is 9.80 Å². The maximum absolute atomic E-state index is 13.1. The van der Waals surface area contributed by atoms with Crippen molar-refractivity contribution in [2.45, 2.75) is 45.7 Å². The lowest BCUT2D eigenvalue weighted by atomic mass is 9.72. The zero-order valence-electron chi connectivity index (χ0n) is 15.1. The summed E-state index contributed by atoms with van der Waals surface area (Å²) in [4.78, 5) is 26.7. The molecule has 0 N–H and O–H groups in total. The van der Waals surface area contributed by atoms with E-state index in [1.165, 1.54) is 26.8 Å². The fourth-order valence-electron chi connectivity index (χ4n) is 3.61. The Morgan fingerprint density at radius 1 is 1.16 bits per heavy atom. The van der Waals surface area contributed by atoms with Crippen LogP contribution in [-0.4, -0.2) is 53.5 Å². The highest BCUT2D eigenvalue weighted by Crippen LogP contribution is 2.40. The van der Waals surface area contributed by atoms with E-state index in [1.807, 2.05) is 6.08 Å². The Balaban J connectivity index is 1.96. The van der Waals surface area contributed by atoms with E-state index in [0.29, 0.717) is 0 Å². The molecule has 0 bridgehead atoms. The molecule has 1 saturated heterocycles. The number of rotatable bonds is 3. The van der Waals surface area contributed by atoms with Gasteiger partial charge in [-0.2, -0.15) is 8.78 Å². The molecule has 2 amide bonds. The molecule has 0 aromatic rings. The SMILES string of the molecule is CC1=C(/C=C/C(=O)N2CCN(C(=O)C(F)(F)P)CC2)C(C)(C)CCC1. The summed E-state index contributed by atoms with van der Waals surface area (Å²) in [6.07, 6.45) is 6.81. The number of halogens is 2. The quantitative estimate of drug-likeness (QED) is 0.564. The van der Waals surface area contributed by atoms with Crippen molar-refractivity contribution in [1.29, 1.82) is 0 Å². The van der Waals surface area contributed by atoms with Crippen LogP contribution in [0.5, 0.6) is 0 Å². The summed E-state index contributed by atoms with van der Waals surface area (Å²) in [6.45, 7) is 7.30. The van der Waals surface area contributed by atoms with E-state index in [1.54, 1.807) is 11.0 Å². The second-order valence-corrected chi connectivity index (χ2v) is 8.23. The molecule has 0 aromatic carbocycles. The number of carbonyl (C=O) groups is 2. The molecule has 4 nitrogen and oxygen atoms in total. The summed E-state index contributed by atoms with van der Waals surface area (Å²) in [6, 6.07) is 0. The van der Waals surface area contributed by atoms with Crippen molar-refractivity contribution >= 4 is 21.1 Å². The fraction of sp³-hybridized carbons (Fsp3) is 0.667. The van der Waals surface area contributed by atoms with E-state index >= 15 is 0 Å². The van der Waals surface area contributed by atoms with Crippen LogP contribution in [0.2, 0.25) is 0 Å². The van der Waals surface area contributed by atoms with Crippen molar-refractivity contribution in [3.05, 3.63) is 23.3 Å². The average Bonchev–Trinajstić information content (AvgIpc) is 2.52. The Morgan fingerprint density at radius 2 is 1.72 bits per heavy atom. The van der Waals surface area contributed by atoms with Crippen LogP contribution in [0.25, 0.3) is 0 Å². The molecule has 7 heteroatoms. The van der Waals surface area contributed by atoms with Gasteiger partial charge in [0.2, 0.25) is 5.91 Å². The van der Waals surface area contributed by atoms with Crippen LogP contribution >= 0.6 is 9.24 Å². The van der Waals surface area contributed by atoms with E-state index in [4.69, 9.17) is 0 Å². The molecule has 2 aliphatic rings. The summed E-state index contributed by atoms with van der Waals surface area (Å²) in [5, 5.41) is 0. The van der Waals surface area contributed by atoms with Crippen molar-refractivity contribution in [3.63, 3.8) is 0 Å². The van der Waals surface area contributed by atoms with Gasteiger partial charge in [-0.3, -0.25) is 9.59 Å². The molecule has 2 rings (SSSR count). The average molecular weight is 372 g/mol. The summed E-state index contributed by atoms with van der Waals surface area (Å²) >= 11 is 0. The number of allylic oxidation sites excluding steroid dienone is 3. The standard InChI is InChI=1S/C18H27F2N2O2P/c1-13-5-4-8-17(2,3)14(13)6-7-15(23)21-9-11-22(12-10-21)16(24)18(19,20)25/h6-7H,4-5,8-12,25H2,1-3H3/b7-6+. The number of hydrogen-bond acceptors (Lipinski definition) is 2. The highest BCUT2D eigenvalue weighted by molar-refractivity contribution is 7.20. The van der Waals surface area contributed by atoms with Gasteiger partial charge in [-0.15, -0.1) is 0 Å². The van der Waals surface area contributed by atoms with Gasteiger partial charge in [0, 0.05) is 32.3 Å². The van der Waals surface area contributed by atoms with Crippen molar-refractivity contribution in [2.75, 3.05) is 26.2 Å². The van der Waals surface area contributed by atoms with E-state index in [0.717, 1.165) is 17.7 Å². The second-order valence-electron chi connectivity index (χ2n) is 7.51. The molecule has 1 aliphatic heterocycles. The highest BCUT2D eigenvalue weighted by atomic mass is 31.0. The molecule has 25 heavy (non-hydrogen) atoms. The Kier molecular flexibility index (Phi) is 6.03. The van der Waals surface area contributed by atoms with Crippen molar-refractivity contribution in [1.82, 2.24) is 9.80 Å². The molecule has 0 spiro atoms. The van der Waals surface area contributed by atoms with Gasteiger partial charge in [-0.1, -0.05) is 34.7 Å². The third kappa shape index (κ3) is 4.87. The first-order valence-electron chi connectivity index (χ1n) is 8.65. The molecule has 1 heterocycles. The van der Waals surface area contributed by atoms with E-state index in [2.05, 4.69) is 20.8 Å². The van der Waals surface area contributed by atoms with E-state index < -0.39 is 11.6 Å². The van der Waals surface area contributed by atoms with Crippen LogP contribution in [0.15, 0.2) is 23.3 Å². The maximum Gasteiger partial charge on any atom is 0.335 e. The predicted octanol–water partition coefficient (Wildman–Crippen LogP) is 3.21. The van der Waals surface area contributed by atoms with Crippen LogP contribution in [-0.2, 0) is 9.59 Å². The van der Waals surface area contributed by atoms with Crippen LogP contribution < -0.4 is 0 Å². The normalized spacial score (nSPS) is 21.8. The first kappa shape index (κ1) is 20.0. The third-order valence-electron chi connectivity index (χ3n) is 5.10. The lowest BCUT2D eigenvalue weighted by Gasteiger charge is -2.35. The lowest BCUT2D eigenvalue weighted by molar-refractivity contribution is -0.149. The number of alkyl halides is 2. The van der Waals surface area contributed by atoms with Crippen molar-refractivity contribution in [2.24, 2.45) is 5.41 Å². The molecule has 1 unspecified atom stereocenters. The van der Waals surface area contributed by atoms with Crippen LogP contribution in [0.1, 0.15) is 40.0 Å². The van der Waals surface area contributed by atoms with Gasteiger partial charge in [0.25, 0.3) is 5.91 Å². The largest absolute Gasteiger partial charge is 0.336 e. The minimum absolute atomic E-state index is 0.0641. The van der Waals surface area contributed by atoms with Gasteiger partial charge in [-0.25, -0.2) is 0 Å². The maximum atomic E-state index is 13.1. The van der Waals surface area contributed by atoms with Crippen LogP contribution in [0, 0.1) is 5.41 Å². The van der Waals surface area contributed by atoms with E-state index in [-0.39, 0.29) is 37.5 Å². The number of carbonyl (C=O) groups excluding carboxylic acids is 2. The first-order chi connectivity index (χ1) is 11.5. The minimum Gasteiger partial charge on any atom is -0.336 e. The van der Waals surface area contributed by atoms with Gasteiger partial charge in [0.05, 0.1) is 0 Å². The first-order valence-corrected chi connectivity index (χ1v) is 9.23. The van der Waals surface area contributed by atoms with Crippen LogP contribution in [0.4, 0.5) is 8.78 Å². The van der Waals surface area contributed by atoms with Crippen molar-refractivity contribution < 1.29 is 18.4 Å². The summed E-state index contributed by atoms with van der Waals surface area (Å²) in [7, 11) is 1.27. The molecular weight excluding hydrogens is 345 g/mol. The molecule has 0 radical (unpaired) electrons. The smallest absolute Gasteiger partial charge is 0.335 e. The monoisotopic (exact) mass is 372 g/mol. The van der Waals surface area contributed by atoms with Gasteiger partial charge in [0.1, 0.15) is 0 Å². The number of nitrogens with zero attached hydrogens (tertiary/aromatic N) is 2. The molecular formula is C18H27F2N2O2P. The summed E-state index contributed by atoms with van der Waals surface area (Å²) in [5.74, 6) is -1.34. The number of amides is 2. The topological polar surface area (TPSA) is 40.6 Å². The Labute approximate surface area is 150 Å². The lowest BCUT2D eigenvalue weighted by Crippen LogP contribution is -2.53. The Morgan fingerprint density at radius 3 is 2.24 bits per heavy atom. The van der Waals surface area contributed by atoms with E-state index in [9.17, 15) is 18.4 Å². The molecule has 1 fully saturated rings. The molecule has 1 aliphatic carbocycles. The third-order valence-corrected chi connectivity index (χ3v) is 5.35. The van der Waals surface area contributed by atoms with Crippen molar-refractivity contribution in [3.8, 4) is 0 Å². The molecule has 0 saturated carbocycles. The zero-order chi connectivity index (χ0) is 18.8. The predicted molar refractivity (Wildman–Crippen MR) is 97.3 cm³/mol. The van der Waals surface area contributed by atoms with Gasteiger partial charge in [-0.05, 0) is 37.2 Å². The zero-order valence-corrected chi connectivity index (χ0v) is 16.3. The Bertz CT molecular complexity index is 601. The number of piperazine rings is 1.